The normalized spacial score (nSPS) is 12.6. The van der Waals surface area contributed by atoms with Crippen LogP contribution < -0.4 is 0 Å². The lowest BCUT2D eigenvalue weighted by atomic mass is 10.0. The molecular formula is C69H120O6. The highest BCUT2D eigenvalue weighted by molar-refractivity contribution is 5.71. The van der Waals surface area contributed by atoms with Gasteiger partial charge in [-0.1, -0.05) is 286 Å². The first-order chi connectivity index (χ1) is 37.0. The molecule has 6 heteroatoms. The summed E-state index contributed by atoms with van der Waals surface area (Å²) in [4.78, 5) is 38.3. The van der Waals surface area contributed by atoms with E-state index in [1.54, 1.807) is 0 Å². The number of ether oxygens (including phenoxy) is 3. The highest BCUT2D eigenvalue weighted by atomic mass is 16.6. The Morgan fingerprint density at radius 2 is 0.520 bits per heavy atom. The molecule has 432 valence electrons. The van der Waals surface area contributed by atoms with E-state index in [2.05, 4.69) is 106 Å². The lowest BCUT2D eigenvalue weighted by Gasteiger charge is -2.18. The van der Waals surface area contributed by atoms with Crippen molar-refractivity contribution < 1.29 is 28.6 Å². The van der Waals surface area contributed by atoms with Crippen LogP contribution in [0.3, 0.4) is 0 Å². The molecule has 0 saturated heterocycles. The zero-order valence-electron chi connectivity index (χ0n) is 49.6. The third kappa shape index (κ3) is 61.3. The van der Waals surface area contributed by atoms with Crippen LogP contribution in [0.15, 0.2) is 85.1 Å². The quantitative estimate of drug-likeness (QED) is 0.0261. The van der Waals surface area contributed by atoms with Crippen LogP contribution in [-0.2, 0) is 28.6 Å². The predicted octanol–water partition coefficient (Wildman–Crippen LogP) is 21.9. The van der Waals surface area contributed by atoms with Gasteiger partial charge in [-0.05, 0) is 96.3 Å². The minimum Gasteiger partial charge on any atom is -0.462 e. The maximum absolute atomic E-state index is 12.9. The lowest BCUT2D eigenvalue weighted by Crippen LogP contribution is -2.30. The fourth-order valence-corrected chi connectivity index (χ4v) is 9.09. The van der Waals surface area contributed by atoms with Crippen molar-refractivity contribution in [1.29, 1.82) is 0 Å². The maximum atomic E-state index is 12.9. The first-order valence-corrected chi connectivity index (χ1v) is 32.1. The van der Waals surface area contributed by atoms with Gasteiger partial charge in [0, 0.05) is 19.3 Å². The van der Waals surface area contributed by atoms with Crippen LogP contribution in [0.5, 0.6) is 0 Å². The molecule has 0 aromatic heterocycles. The molecule has 1 atom stereocenters. The predicted molar refractivity (Wildman–Crippen MR) is 325 cm³/mol. The van der Waals surface area contributed by atoms with E-state index in [-0.39, 0.29) is 31.1 Å². The summed E-state index contributed by atoms with van der Waals surface area (Å²) < 4.78 is 16.9. The number of unbranched alkanes of at least 4 members (excludes halogenated alkanes) is 33. The van der Waals surface area contributed by atoms with Gasteiger partial charge in [0.15, 0.2) is 6.10 Å². The third-order valence-corrected chi connectivity index (χ3v) is 13.9. The molecule has 75 heavy (non-hydrogen) atoms. The van der Waals surface area contributed by atoms with Crippen molar-refractivity contribution in [3.8, 4) is 0 Å². The van der Waals surface area contributed by atoms with Gasteiger partial charge in [-0.2, -0.15) is 0 Å². The van der Waals surface area contributed by atoms with Crippen molar-refractivity contribution in [3.63, 3.8) is 0 Å². The van der Waals surface area contributed by atoms with Gasteiger partial charge in [-0.25, -0.2) is 0 Å². The molecule has 0 bridgehead atoms. The summed E-state index contributed by atoms with van der Waals surface area (Å²) in [5, 5.41) is 0. The van der Waals surface area contributed by atoms with E-state index in [9.17, 15) is 14.4 Å². The van der Waals surface area contributed by atoms with Crippen LogP contribution in [0.4, 0.5) is 0 Å². The third-order valence-electron chi connectivity index (χ3n) is 13.9. The molecule has 0 N–H and O–H groups in total. The number of carbonyl (C=O) groups is 3. The van der Waals surface area contributed by atoms with Gasteiger partial charge in [0.05, 0.1) is 0 Å². The Hall–Kier alpha value is -3.41. The number of esters is 3. The Kier molecular flexibility index (Phi) is 60.3. The van der Waals surface area contributed by atoms with Crippen LogP contribution in [0.2, 0.25) is 0 Å². The first kappa shape index (κ1) is 71.6. The fraction of sp³-hybridized carbons (Fsp3) is 0.754. The Morgan fingerprint density at radius 3 is 0.840 bits per heavy atom. The highest BCUT2D eigenvalue weighted by Crippen LogP contribution is 2.17. The summed E-state index contributed by atoms with van der Waals surface area (Å²) in [6.07, 6.45) is 83.0. The smallest absolute Gasteiger partial charge is 0.306 e. The topological polar surface area (TPSA) is 78.9 Å². The summed E-state index contributed by atoms with van der Waals surface area (Å²) in [7, 11) is 0. The number of carbonyl (C=O) groups excluding carboxylic acids is 3. The summed E-state index contributed by atoms with van der Waals surface area (Å²) in [5.74, 6) is -0.880. The van der Waals surface area contributed by atoms with E-state index in [0.717, 1.165) is 109 Å². The van der Waals surface area contributed by atoms with Crippen LogP contribution in [0.25, 0.3) is 0 Å². The van der Waals surface area contributed by atoms with E-state index in [4.69, 9.17) is 14.2 Å². The number of hydrogen-bond acceptors (Lipinski definition) is 6. The number of allylic oxidation sites excluding steroid dienone is 14. The number of rotatable bonds is 58. The van der Waals surface area contributed by atoms with Gasteiger partial charge in [0.2, 0.25) is 0 Å². The average Bonchev–Trinajstić information content (AvgIpc) is 3.41. The molecule has 0 fully saturated rings. The van der Waals surface area contributed by atoms with E-state index in [0.29, 0.717) is 19.3 Å². The SMILES string of the molecule is CC/C=C\C/C=C\C/C=C\C/C=C\CCCCCCCCCCCCCCCCC(=O)OCC(COC(=O)CCCCCCCCCCCCC)OC(=O)CCCCCCCC/C=C\C/C=C\C/C=C\CCCCC. The molecule has 0 heterocycles. The highest BCUT2D eigenvalue weighted by Gasteiger charge is 2.19. The monoisotopic (exact) mass is 1040 g/mol. The summed E-state index contributed by atoms with van der Waals surface area (Å²) >= 11 is 0. The summed E-state index contributed by atoms with van der Waals surface area (Å²) in [6.45, 7) is 6.51. The molecule has 0 aliphatic carbocycles. The van der Waals surface area contributed by atoms with Gasteiger partial charge in [-0.15, -0.1) is 0 Å². The van der Waals surface area contributed by atoms with E-state index in [1.807, 2.05) is 0 Å². The van der Waals surface area contributed by atoms with Gasteiger partial charge in [0.25, 0.3) is 0 Å². The van der Waals surface area contributed by atoms with Crippen molar-refractivity contribution in [2.24, 2.45) is 0 Å². The van der Waals surface area contributed by atoms with Crippen molar-refractivity contribution in [2.75, 3.05) is 13.2 Å². The van der Waals surface area contributed by atoms with Gasteiger partial charge >= 0.3 is 17.9 Å². The minimum atomic E-state index is -0.782. The van der Waals surface area contributed by atoms with E-state index < -0.39 is 6.10 Å². The second-order valence-corrected chi connectivity index (χ2v) is 21.3. The van der Waals surface area contributed by atoms with Gasteiger partial charge in [-0.3, -0.25) is 14.4 Å². The molecule has 0 aliphatic rings. The molecule has 0 amide bonds. The van der Waals surface area contributed by atoms with Gasteiger partial charge in [0.1, 0.15) is 13.2 Å². The molecule has 0 saturated carbocycles. The Bertz CT molecular complexity index is 1430. The van der Waals surface area contributed by atoms with Crippen LogP contribution >= 0.6 is 0 Å². The summed E-state index contributed by atoms with van der Waals surface area (Å²) in [6, 6.07) is 0. The molecule has 0 aliphatic heterocycles. The molecular weight excluding hydrogens is 925 g/mol. The van der Waals surface area contributed by atoms with Crippen LogP contribution in [0, 0.1) is 0 Å². The Labute approximate surface area is 465 Å². The Balaban J connectivity index is 4.25. The van der Waals surface area contributed by atoms with Crippen molar-refractivity contribution >= 4 is 17.9 Å². The zero-order valence-corrected chi connectivity index (χ0v) is 49.6. The zero-order chi connectivity index (χ0) is 54.3. The lowest BCUT2D eigenvalue weighted by molar-refractivity contribution is -0.167. The molecule has 0 rings (SSSR count). The molecule has 6 nitrogen and oxygen atoms in total. The molecule has 1 unspecified atom stereocenters. The largest absolute Gasteiger partial charge is 0.462 e. The standard InChI is InChI=1S/C69H120O6/c1-4-7-10-13-16-19-22-24-26-28-30-31-32-33-34-35-36-37-39-40-42-44-47-50-53-56-59-62-68(71)74-65-66(64-73-67(70)61-58-55-52-49-46-21-18-15-12-9-6-3)75-69(72)63-60-57-54-51-48-45-43-41-38-29-27-25-23-20-17-14-11-8-5-2/h7,10,16-17,19-20,24-27,30-31,38,41,66H,4-6,8-9,11-15,18,21-23,28-29,32-37,39-40,42-65H2,1-3H3/b10-7-,19-16-,20-17-,26-24-,27-25-,31-30-,41-38-. The van der Waals surface area contributed by atoms with Crippen molar-refractivity contribution in [3.05, 3.63) is 85.1 Å². The first-order valence-electron chi connectivity index (χ1n) is 32.1. The maximum Gasteiger partial charge on any atom is 0.306 e. The van der Waals surface area contributed by atoms with E-state index in [1.165, 1.54) is 167 Å². The van der Waals surface area contributed by atoms with E-state index >= 15 is 0 Å². The van der Waals surface area contributed by atoms with Crippen LogP contribution in [-0.4, -0.2) is 37.2 Å². The molecule has 0 spiro atoms. The van der Waals surface area contributed by atoms with Crippen LogP contribution in [0.1, 0.15) is 316 Å². The van der Waals surface area contributed by atoms with Gasteiger partial charge < -0.3 is 14.2 Å². The second-order valence-electron chi connectivity index (χ2n) is 21.3. The fourth-order valence-electron chi connectivity index (χ4n) is 9.09. The Morgan fingerprint density at radius 1 is 0.280 bits per heavy atom. The van der Waals surface area contributed by atoms with Crippen molar-refractivity contribution in [2.45, 2.75) is 322 Å². The second kappa shape index (κ2) is 63.1. The average molecular weight is 1050 g/mol. The molecule has 0 aromatic rings. The molecule has 0 radical (unpaired) electrons. The minimum absolute atomic E-state index is 0.0785. The molecule has 0 aromatic carbocycles. The summed E-state index contributed by atoms with van der Waals surface area (Å²) in [5.41, 5.74) is 0. The number of hydrogen-bond donors (Lipinski definition) is 0. The van der Waals surface area contributed by atoms with Crippen molar-refractivity contribution in [1.82, 2.24) is 0 Å².